The zero-order valence-electron chi connectivity index (χ0n) is 13.2. The average molecular weight is 383 g/mol. The van der Waals surface area contributed by atoms with Gasteiger partial charge in [-0.15, -0.1) is 0 Å². The minimum Gasteiger partial charge on any atom is -0.448 e. The van der Waals surface area contributed by atoms with Crippen LogP contribution in [-0.4, -0.2) is 34.8 Å². The summed E-state index contributed by atoms with van der Waals surface area (Å²) in [5, 5.41) is 5.69. The van der Waals surface area contributed by atoms with E-state index in [0.29, 0.717) is 35.2 Å². The van der Waals surface area contributed by atoms with E-state index in [2.05, 4.69) is 36.5 Å². The molecule has 23 heavy (non-hydrogen) atoms. The Morgan fingerprint density at radius 3 is 2.74 bits per heavy atom. The number of nitrogens with one attached hydrogen (secondary N) is 2. The van der Waals surface area contributed by atoms with Crippen molar-refractivity contribution in [3.63, 3.8) is 0 Å². The number of hydrogen-bond donors (Lipinski definition) is 2. The molecule has 0 aliphatic heterocycles. The van der Waals surface area contributed by atoms with Gasteiger partial charge in [0.15, 0.2) is 10.4 Å². The number of rotatable bonds is 5. The molecule has 0 aliphatic rings. The van der Waals surface area contributed by atoms with Crippen LogP contribution in [-0.2, 0) is 4.74 Å². The van der Waals surface area contributed by atoms with Crippen LogP contribution in [0.5, 0.6) is 0 Å². The Hall–Kier alpha value is -2.09. The number of alkyl carbamates (subject to hydrolysis) is 1. The second kappa shape index (κ2) is 7.45. The molecule has 0 aromatic carbocycles. The highest BCUT2D eigenvalue weighted by Crippen LogP contribution is 2.23. The van der Waals surface area contributed by atoms with Crippen LogP contribution in [0.3, 0.4) is 0 Å². The quantitative estimate of drug-likeness (QED) is 0.769. The summed E-state index contributed by atoms with van der Waals surface area (Å²) in [6.07, 6.45) is 1.19. The number of anilines is 1. The van der Waals surface area contributed by atoms with E-state index in [9.17, 15) is 4.79 Å². The molecule has 1 amide bonds. The van der Waals surface area contributed by atoms with Crippen molar-refractivity contribution in [3.8, 4) is 11.5 Å². The summed E-state index contributed by atoms with van der Waals surface area (Å²) in [5.74, 6) is 1.11. The fourth-order valence-electron chi connectivity index (χ4n) is 1.69. The SMILES string of the molecule is CC(C)(C)OC(=O)NCCNc1nccc(-c2ccc(Br)o2)n1. The van der Waals surface area contributed by atoms with Crippen LogP contribution < -0.4 is 10.6 Å². The molecule has 0 bridgehead atoms. The molecule has 2 rings (SSSR count). The second-order valence-electron chi connectivity index (χ2n) is 5.72. The Labute approximate surface area is 143 Å². The van der Waals surface area contributed by atoms with E-state index in [1.165, 1.54) is 0 Å². The van der Waals surface area contributed by atoms with Crippen molar-refractivity contribution in [1.82, 2.24) is 15.3 Å². The summed E-state index contributed by atoms with van der Waals surface area (Å²) in [5.41, 5.74) is 0.167. The highest BCUT2D eigenvalue weighted by molar-refractivity contribution is 9.10. The van der Waals surface area contributed by atoms with E-state index in [1.54, 1.807) is 18.3 Å². The maximum atomic E-state index is 11.5. The van der Waals surface area contributed by atoms with Gasteiger partial charge in [0.05, 0.1) is 0 Å². The topological polar surface area (TPSA) is 89.3 Å². The average Bonchev–Trinajstić information content (AvgIpc) is 2.89. The number of ether oxygens (including phenoxy) is 1. The van der Waals surface area contributed by atoms with Crippen LogP contribution in [0.25, 0.3) is 11.5 Å². The fourth-order valence-corrected chi connectivity index (χ4v) is 1.99. The van der Waals surface area contributed by atoms with E-state index in [1.807, 2.05) is 26.8 Å². The Bertz CT molecular complexity index is 667. The summed E-state index contributed by atoms with van der Waals surface area (Å²) in [4.78, 5) is 20.0. The van der Waals surface area contributed by atoms with Crippen molar-refractivity contribution in [2.24, 2.45) is 0 Å². The maximum Gasteiger partial charge on any atom is 0.407 e. The Morgan fingerprint density at radius 2 is 2.09 bits per heavy atom. The Kier molecular flexibility index (Phi) is 5.59. The second-order valence-corrected chi connectivity index (χ2v) is 6.51. The third kappa shape index (κ3) is 5.90. The van der Waals surface area contributed by atoms with Crippen molar-refractivity contribution in [2.45, 2.75) is 26.4 Å². The lowest BCUT2D eigenvalue weighted by Crippen LogP contribution is -2.35. The first kappa shape index (κ1) is 17.3. The smallest absolute Gasteiger partial charge is 0.407 e. The molecule has 2 N–H and O–H groups in total. The predicted molar refractivity (Wildman–Crippen MR) is 90.2 cm³/mol. The number of carbonyl (C=O) groups excluding carboxylic acids is 1. The molecule has 0 saturated heterocycles. The Morgan fingerprint density at radius 1 is 1.30 bits per heavy atom. The molecular weight excluding hydrogens is 364 g/mol. The molecule has 2 heterocycles. The molecule has 0 unspecified atom stereocenters. The normalized spacial score (nSPS) is 11.1. The largest absolute Gasteiger partial charge is 0.448 e. The molecule has 2 aromatic rings. The van der Waals surface area contributed by atoms with Gasteiger partial charge in [0.25, 0.3) is 0 Å². The number of carbonyl (C=O) groups is 1. The summed E-state index contributed by atoms with van der Waals surface area (Å²) >= 11 is 3.26. The molecule has 2 aromatic heterocycles. The van der Waals surface area contributed by atoms with E-state index in [0.717, 1.165) is 0 Å². The summed E-state index contributed by atoms with van der Waals surface area (Å²) in [7, 11) is 0. The van der Waals surface area contributed by atoms with Gasteiger partial charge in [-0.1, -0.05) is 0 Å². The standard InChI is InChI=1S/C15H19BrN4O3/c1-15(2,3)23-14(21)19-9-8-18-13-17-7-6-10(20-13)11-4-5-12(16)22-11/h4-7H,8-9H2,1-3H3,(H,19,21)(H,17,18,20). The van der Waals surface area contributed by atoms with Crippen LogP contribution in [0.2, 0.25) is 0 Å². The number of hydrogen-bond acceptors (Lipinski definition) is 6. The number of nitrogens with zero attached hydrogens (tertiary/aromatic N) is 2. The van der Waals surface area contributed by atoms with Crippen molar-refractivity contribution in [3.05, 3.63) is 29.1 Å². The van der Waals surface area contributed by atoms with Crippen LogP contribution in [0.4, 0.5) is 10.7 Å². The molecule has 0 aliphatic carbocycles. The summed E-state index contributed by atoms with van der Waals surface area (Å²) in [6.45, 7) is 6.32. The zero-order chi connectivity index (χ0) is 16.9. The highest BCUT2D eigenvalue weighted by atomic mass is 79.9. The minimum atomic E-state index is -0.508. The lowest BCUT2D eigenvalue weighted by molar-refractivity contribution is 0.0530. The number of furan rings is 1. The monoisotopic (exact) mass is 382 g/mol. The van der Waals surface area contributed by atoms with E-state index < -0.39 is 11.7 Å². The van der Waals surface area contributed by atoms with Gasteiger partial charge in [-0.05, 0) is 54.9 Å². The first-order chi connectivity index (χ1) is 10.8. The van der Waals surface area contributed by atoms with E-state index in [-0.39, 0.29) is 0 Å². The molecule has 0 atom stereocenters. The van der Waals surface area contributed by atoms with Crippen LogP contribution in [0, 0.1) is 0 Å². The Balaban J connectivity index is 1.81. The van der Waals surface area contributed by atoms with Crippen LogP contribution >= 0.6 is 15.9 Å². The van der Waals surface area contributed by atoms with E-state index in [4.69, 9.17) is 9.15 Å². The molecule has 0 fully saturated rings. The molecule has 7 nitrogen and oxygen atoms in total. The van der Waals surface area contributed by atoms with Gasteiger partial charge in [0, 0.05) is 19.3 Å². The molecule has 0 radical (unpaired) electrons. The van der Waals surface area contributed by atoms with Crippen LogP contribution in [0.15, 0.2) is 33.5 Å². The lowest BCUT2D eigenvalue weighted by atomic mass is 10.2. The van der Waals surface area contributed by atoms with Crippen LogP contribution in [0.1, 0.15) is 20.8 Å². The van der Waals surface area contributed by atoms with Gasteiger partial charge >= 0.3 is 6.09 Å². The summed E-state index contributed by atoms with van der Waals surface area (Å²) in [6, 6.07) is 5.38. The first-order valence-electron chi connectivity index (χ1n) is 7.13. The van der Waals surface area contributed by atoms with Gasteiger partial charge in [-0.3, -0.25) is 0 Å². The molecule has 0 spiro atoms. The number of aromatic nitrogens is 2. The van der Waals surface area contributed by atoms with Crippen molar-refractivity contribution in [1.29, 1.82) is 0 Å². The first-order valence-corrected chi connectivity index (χ1v) is 7.92. The van der Waals surface area contributed by atoms with Gasteiger partial charge < -0.3 is 19.8 Å². The third-order valence-electron chi connectivity index (χ3n) is 2.56. The fraction of sp³-hybridized carbons (Fsp3) is 0.400. The predicted octanol–water partition coefficient (Wildman–Crippen LogP) is 3.44. The maximum absolute atomic E-state index is 11.5. The highest BCUT2D eigenvalue weighted by Gasteiger charge is 2.15. The zero-order valence-corrected chi connectivity index (χ0v) is 14.8. The number of halogens is 1. The molecule has 0 saturated carbocycles. The van der Waals surface area contributed by atoms with Gasteiger partial charge in [0.1, 0.15) is 11.3 Å². The van der Waals surface area contributed by atoms with Crippen molar-refractivity contribution >= 4 is 28.0 Å². The van der Waals surface area contributed by atoms with E-state index >= 15 is 0 Å². The number of amides is 1. The van der Waals surface area contributed by atoms with Gasteiger partial charge in [0.2, 0.25) is 5.95 Å². The molecule has 8 heteroatoms. The lowest BCUT2D eigenvalue weighted by Gasteiger charge is -2.19. The van der Waals surface area contributed by atoms with Gasteiger partial charge in [-0.25, -0.2) is 14.8 Å². The van der Waals surface area contributed by atoms with Crippen molar-refractivity contribution < 1.29 is 13.9 Å². The molecular formula is C15H19BrN4O3. The molecule has 124 valence electrons. The third-order valence-corrected chi connectivity index (χ3v) is 2.98. The van der Waals surface area contributed by atoms with Gasteiger partial charge in [-0.2, -0.15) is 0 Å². The van der Waals surface area contributed by atoms with Crippen molar-refractivity contribution in [2.75, 3.05) is 18.4 Å². The summed E-state index contributed by atoms with van der Waals surface area (Å²) < 4.78 is 11.2. The minimum absolute atomic E-state index is 0.398.